The van der Waals surface area contributed by atoms with Gasteiger partial charge in [0, 0.05) is 12.6 Å². The first-order valence-corrected chi connectivity index (χ1v) is 7.48. The zero-order chi connectivity index (χ0) is 17.7. The standard InChI is InChI=1S/C15H19N3O6.ClH/c1-24-13-7-11(18(22)23)4-5-12(13)16-14(19)9-17-6-2-3-10(8-17)15(20)21;/h4-5,7,10H,2-3,6,8-9H2,1H3,(H,16,19)(H,20,21);1H. The van der Waals surface area contributed by atoms with Crippen LogP contribution in [0.15, 0.2) is 18.2 Å². The average Bonchev–Trinajstić information content (AvgIpc) is 2.55. The Bertz CT molecular complexity index is 654. The Morgan fingerprint density at radius 1 is 1.48 bits per heavy atom. The smallest absolute Gasteiger partial charge is 0.307 e. The van der Waals surface area contributed by atoms with Crippen molar-refractivity contribution < 1.29 is 24.4 Å². The molecular weight excluding hydrogens is 354 g/mol. The minimum Gasteiger partial charge on any atom is -0.494 e. The fourth-order valence-electron chi connectivity index (χ4n) is 2.69. The van der Waals surface area contributed by atoms with Crippen molar-refractivity contribution >= 4 is 35.7 Å². The van der Waals surface area contributed by atoms with E-state index in [1.165, 1.54) is 25.3 Å². The average molecular weight is 374 g/mol. The lowest BCUT2D eigenvalue weighted by molar-refractivity contribution is -0.384. The van der Waals surface area contributed by atoms with Gasteiger partial charge in [-0.25, -0.2) is 0 Å². The maximum Gasteiger partial charge on any atom is 0.307 e. The topological polar surface area (TPSA) is 122 Å². The molecule has 0 aliphatic carbocycles. The Balaban J connectivity index is 0.00000312. The zero-order valence-electron chi connectivity index (χ0n) is 13.6. The van der Waals surface area contributed by atoms with E-state index in [1.54, 1.807) is 4.90 Å². The summed E-state index contributed by atoms with van der Waals surface area (Å²) in [6.07, 6.45) is 1.34. The number of hydrogen-bond donors (Lipinski definition) is 2. The van der Waals surface area contributed by atoms with Gasteiger partial charge in [-0.1, -0.05) is 0 Å². The van der Waals surface area contributed by atoms with Crippen LogP contribution in [-0.4, -0.2) is 53.6 Å². The number of carboxylic acid groups (broad SMARTS) is 1. The molecule has 1 saturated heterocycles. The molecule has 1 fully saturated rings. The van der Waals surface area contributed by atoms with Crippen LogP contribution in [0, 0.1) is 16.0 Å². The molecule has 1 unspecified atom stereocenters. The van der Waals surface area contributed by atoms with Crippen LogP contribution in [-0.2, 0) is 9.59 Å². The number of halogens is 1. The lowest BCUT2D eigenvalue weighted by Crippen LogP contribution is -2.42. The molecule has 1 amide bonds. The second-order valence-electron chi connectivity index (χ2n) is 5.60. The first kappa shape index (κ1) is 20.7. The number of benzene rings is 1. The third-order valence-electron chi connectivity index (χ3n) is 3.89. The van der Waals surface area contributed by atoms with Gasteiger partial charge in [-0.2, -0.15) is 0 Å². The van der Waals surface area contributed by atoms with E-state index in [-0.39, 0.29) is 36.3 Å². The molecule has 1 aliphatic rings. The third-order valence-corrected chi connectivity index (χ3v) is 3.89. The minimum atomic E-state index is -0.850. The number of aliphatic carboxylic acids is 1. The molecule has 2 N–H and O–H groups in total. The van der Waals surface area contributed by atoms with Gasteiger partial charge in [-0.05, 0) is 25.5 Å². The summed E-state index contributed by atoms with van der Waals surface area (Å²) < 4.78 is 5.07. The number of carbonyl (C=O) groups excluding carboxylic acids is 1. The summed E-state index contributed by atoms with van der Waals surface area (Å²) in [5.41, 5.74) is 0.199. The molecule has 10 heteroatoms. The number of methoxy groups -OCH3 is 1. The predicted octanol–water partition coefficient (Wildman–Crippen LogP) is 1.76. The quantitative estimate of drug-likeness (QED) is 0.575. The molecule has 2 rings (SSSR count). The van der Waals surface area contributed by atoms with Crippen LogP contribution in [0.1, 0.15) is 12.8 Å². The van der Waals surface area contributed by atoms with Crippen molar-refractivity contribution in [2.24, 2.45) is 5.92 Å². The Morgan fingerprint density at radius 3 is 2.80 bits per heavy atom. The van der Waals surface area contributed by atoms with Gasteiger partial charge in [0.05, 0.1) is 36.2 Å². The Hall–Kier alpha value is -2.39. The predicted molar refractivity (Wildman–Crippen MR) is 92.3 cm³/mol. The van der Waals surface area contributed by atoms with Crippen LogP contribution in [0.5, 0.6) is 5.75 Å². The van der Waals surface area contributed by atoms with Gasteiger partial charge in [0.1, 0.15) is 5.75 Å². The maximum absolute atomic E-state index is 12.2. The first-order valence-electron chi connectivity index (χ1n) is 7.48. The maximum atomic E-state index is 12.2. The molecule has 0 radical (unpaired) electrons. The minimum absolute atomic E-state index is 0. The lowest BCUT2D eigenvalue weighted by Gasteiger charge is -2.29. The highest BCUT2D eigenvalue weighted by atomic mass is 35.5. The second-order valence-corrected chi connectivity index (χ2v) is 5.60. The molecule has 138 valence electrons. The fraction of sp³-hybridized carbons (Fsp3) is 0.467. The number of amides is 1. The summed E-state index contributed by atoms with van der Waals surface area (Å²) in [6, 6.07) is 3.92. The van der Waals surface area contributed by atoms with Gasteiger partial charge in [0.2, 0.25) is 5.91 Å². The second kappa shape index (κ2) is 9.19. The third kappa shape index (κ3) is 5.57. The number of carboxylic acids is 1. The summed E-state index contributed by atoms with van der Waals surface area (Å²) in [7, 11) is 1.36. The highest BCUT2D eigenvalue weighted by Crippen LogP contribution is 2.29. The van der Waals surface area contributed by atoms with Gasteiger partial charge in [-0.3, -0.25) is 24.6 Å². The first-order chi connectivity index (χ1) is 11.4. The van der Waals surface area contributed by atoms with Crippen LogP contribution < -0.4 is 10.1 Å². The van der Waals surface area contributed by atoms with Crippen LogP contribution in [0.25, 0.3) is 0 Å². The summed E-state index contributed by atoms with van der Waals surface area (Å²) >= 11 is 0. The molecule has 0 spiro atoms. The van der Waals surface area contributed by atoms with Crippen molar-refractivity contribution in [2.45, 2.75) is 12.8 Å². The van der Waals surface area contributed by atoms with E-state index in [1.807, 2.05) is 0 Å². The van der Waals surface area contributed by atoms with Gasteiger partial charge in [0.15, 0.2) is 0 Å². The van der Waals surface area contributed by atoms with E-state index in [9.17, 15) is 19.7 Å². The van der Waals surface area contributed by atoms with Crippen molar-refractivity contribution in [3.63, 3.8) is 0 Å². The molecule has 1 aliphatic heterocycles. The van der Waals surface area contributed by atoms with E-state index in [2.05, 4.69) is 5.32 Å². The number of ether oxygens (including phenoxy) is 1. The molecule has 1 aromatic rings. The van der Waals surface area contributed by atoms with Crippen molar-refractivity contribution in [1.29, 1.82) is 0 Å². The van der Waals surface area contributed by atoms with Gasteiger partial charge >= 0.3 is 5.97 Å². The van der Waals surface area contributed by atoms with E-state index in [0.717, 1.165) is 6.42 Å². The SMILES string of the molecule is COc1cc([N+](=O)[O-])ccc1NC(=O)CN1CCCC(C(=O)O)C1.Cl. The number of carbonyl (C=O) groups is 2. The number of hydrogen-bond acceptors (Lipinski definition) is 6. The molecule has 0 saturated carbocycles. The van der Waals surface area contributed by atoms with Crippen molar-refractivity contribution in [1.82, 2.24) is 4.90 Å². The number of non-ortho nitro benzene ring substituents is 1. The molecule has 25 heavy (non-hydrogen) atoms. The summed E-state index contributed by atoms with van der Waals surface area (Å²) in [5.74, 6) is -1.44. The number of likely N-dealkylation sites (tertiary alicyclic amines) is 1. The zero-order valence-corrected chi connectivity index (χ0v) is 14.5. The summed E-state index contributed by atoms with van der Waals surface area (Å²) in [6.45, 7) is 1.05. The number of nitrogens with one attached hydrogen (secondary N) is 1. The summed E-state index contributed by atoms with van der Waals surface area (Å²) in [5, 5.41) is 22.5. The molecule has 0 bridgehead atoms. The number of piperidine rings is 1. The van der Waals surface area contributed by atoms with Crippen LogP contribution in [0.3, 0.4) is 0 Å². The number of nitrogens with zero attached hydrogens (tertiary/aromatic N) is 2. The number of anilines is 1. The van der Waals surface area contributed by atoms with Crippen molar-refractivity contribution in [2.75, 3.05) is 32.1 Å². The molecule has 0 aromatic heterocycles. The van der Waals surface area contributed by atoms with E-state index >= 15 is 0 Å². The molecule has 1 heterocycles. The monoisotopic (exact) mass is 373 g/mol. The molecular formula is C15H20ClN3O6. The molecule has 1 aromatic carbocycles. The van der Waals surface area contributed by atoms with Crippen molar-refractivity contribution in [3.05, 3.63) is 28.3 Å². The van der Waals surface area contributed by atoms with Crippen LogP contribution in [0.4, 0.5) is 11.4 Å². The van der Waals surface area contributed by atoms with E-state index in [4.69, 9.17) is 9.84 Å². The molecule has 9 nitrogen and oxygen atoms in total. The Kier molecular flexibility index (Phi) is 7.59. The van der Waals surface area contributed by atoms with Gasteiger partial charge in [-0.15, -0.1) is 12.4 Å². The number of nitro benzene ring substituents is 1. The fourth-order valence-corrected chi connectivity index (χ4v) is 2.69. The normalized spacial score (nSPS) is 17.2. The van der Waals surface area contributed by atoms with Crippen molar-refractivity contribution in [3.8, 4) is 5.75 Å². The van der Waals surface area contributed by atoms with Gasteiger partial charge < -0.3 is 15.2 Å². The van der Waals surface area contributed by atoms with Crippen LogP contribution in [0.2, 0.25) is 0 Å². The van der Waals surface area contributed by atoms with E-state index in [0.29, 0.717) is 25.2 Å². The summed E-state index contributed by atoms with van der Waals surface area (Å²) in [4.78, 5) is 35.2. The lowest BCUT2D eigenvalue weighted by atomic mass is 9.98. The largest absolute Gasteiger partial charge is 0.494 e. The highest BCUT2D eigenvalue weighted by Gasteiger charge is 2.26. The highest BCUT2D eigenvalue weighted by molar-refractivity contribution is 5.94. The number of nitro groups is 1. The number of rotatable bonds is 6. The van der Waals surface area contributed by atoms with Crippen LogP contribution >= 0.6 is 12.4 Å². The van der Waals surface area contributed by atoms with Gasteiger partial charge in [0.25, 0.3) is 5.69 Å². The molecule has 1 atom stereocenters. The Labute approximate surface area is 150 Å². The van der Waals surface area contributed by atoms with E-state index < -0.39 is 16.8 Å². The Morgan fingerprint density at radius 2 is 2.20 bits per heavy atom.